The van der Waals surface area contributed by atoms with E-state index in [1.807, 2.05) is 0 Å². The summed E-state index contributed by atoms with van der Waals surface area (Å²) in [7, 11) is 0. The highest BCUT2D eigenvalue weighted by molar-refractivity contribution is 14.1. The Morgan fingerprint density at radius 3 is 2.60 bits per heavy atom. The predicted molar refractivity (Wildman–Crippen MR) is 71.3 cm³/mol. The van der Waals surface area contributed by atoms with Gasteiger partial charge in [-0.05, 0) is 53.1 Å². The first-order valence-electron chi connectivity index (χ1n) is 4.69. The Balaban J connectivity index is 2.21. The van der Waals surface area contributed by atoms with Crippen LogP contribution in [0.15, 0.2) is 18.2 Å². The number of rotatable bonds is 2. The Kier molecular flexibility index (Phi) is 3.35. The maximum atomic E-state index is 4.12. The predicted octanol–water partition coefficient (Wildman–Crippen LogP) is 3.35. The molecule has 0 atom stereocenters. The average molecular weight is 330 g/mol. The SMILES string of the molecule is Cc1ccc(Cc2nnc(I)s2)cc1C. The van der Waals surface area contributed by atoms with Crippen LogP contribution < -0.4 is 0 Å². The first kappa shape index (κ1) is 11.0. The van der Waals surface area contributed by atoms with Crippen LogP contribution in [-0.4, -0.2) is 10.2 Å². The zero-order valence-electron chi connectivity index (χ0n) is 8.62. The van der Waals surface area contributed by atoms with Gasteiger partial charge in [-0.25, -0.2) is 0 Å². The first-order chi connectivity index (χ1) is 7.15. The van der Waals surface area contributed by atoms with Gasteiger partial charge in [0.1, 0.15) is 5.01 Å². The first-order valence-corrected chi connectivity index (χ1v) is 6.58. The van der Waals surface area contributed by atoms with Crippen LogP contribution in [0, 0.1) is 16.9 Å². The van der Waals surface area contributed by atoms with E-state index in [1.165, 1.54) is 16.7 Å². The van der Waals surface area contributed by atoms with E-state index in [9.17, 15) is 0 Å². The van der Waals surface area contributed by atoms with E-state index in [0.29, 0.717) is 0 Å². The molecule has 0 amide bonds. The van der Waals surface area contributed by atoms with Crippen LogP contribution in [0.2, 0.25) is 0 Å². The molecule has 0 aliphatic carbocycles. The van der Waals surface area contributed by atoms with E-state index in [0.717, 1.165) is 14.4 Å². The minimum atomic E-state index is 0.891. The summed E-state index contributed by atoms with van der Waals surface area (Å²) in [6, 6.07) is 6.55. The lowest BCUT2D eigenvalue weighted by Crippen LogP contribution is -1.90. The van der Waals surface area contributed by atoms with Crippen LogP contribution in [-0.2, 0) is 6.42 Å². The van der Waals surface area contributed by atoms with E-state index in [4.69, 9.17) is 0 Å². The van der Waals surface area contributed by atoms with Crippen molar-refractivity contribution in [3.63, 3.8) is 0 Å². The third-order valence-corrected chi connectivity index (χ3v) is 3.96. The molecule has 0 bridgehead atoms. The second-order valence-corrected chi connectivity index (χ2v) is 6.36. The van der Waals surface area contributed by atoms with Crippen LogP contribution >= 0.6 is 33.9 Å². The number of hydrogen-bond donors (Lipinski definition) is 0. The third-order valence-electron chi connectivity index (χ3n) is 2.37. The van der Waals surface area contributed by atoms with Gasteiger partial charge in [0.2, 0.25) is 0 Å². The summed E-state index contributed by atoms with van der Waals surface area (Å²) in [5.41, 5.74) is 3.99. The number of nitrogens with zero attached hydrogens (tertiary/aromatic N) is 2. The van der Waals surface area contributed by atoms with E-state index >= 15 is 0 Å². The zero-order chi connectivity index (χ0) is 10.8. The number of benzene rings is 1. The molecule has 2 aromatic rings. The summed E-state index contributed by atoms with van der Waals surface area (Å²) in [6.07, 6.45) is 0.891. The molecule has 0 radical (unpaired) electrons. The molecule has 15 heavy (non-hydrogen) atoms. The fourth-order valence-corrected chi connectivity index (χ4v) is 2.86. The highest BCUT2D eigenvalue weighted by atomic mass is 127. The normalized spacial score (nSPS) is 10.6. The molecular weight excluding hydrogens is 319 g/mol. The Bertz CT molecular complexity index is 479. The molecule has 78 valence electrons. The summed E-state index contributed by atoms with van der Waals surface area (Å²) >= 11 is 3.86. The van der Waals surface area contributed by atoms with Crippen molar-refractivity contribution in [2.75, 3.05) is 0 Å². The molecule has 0 saturated carbocycles. The van der Waals surface area contributed by atoms with Crippen molar-refractivity contribution in [2.45, 2.75) is 20.3 Å². The Labute approximate surface area is 107 Å². The Morgan fingerprint density at radius 2 is 2.00 bits per heavy atom. The molecule has 2 rings (SSSR count). The van der Waals surface area contributed by atoms with Gasteiger partial charge >= 0.3 is 0 Å². The molecular formula is C11H11IN2S. The molecule has 0 N–H and O–H groups in total. The van der Waals surface area contributed by atoms with E-state index < -0.39 is 0 Å². The quantitative estimate of drug-likeness (QED) is 0.789. The molecule has 0 spiro atoms. The van der Waals surface area contributed by atoms with Gasteiger partial charge in [-0.3, -0.25) is 0 Å². The van der Waals surface area contributed by atoms with Gasteiger partial charge in [0.05, 0.1) is 0 Å². The fraction of sp³-hybridized carbons (Fsp3) is 0.273. The summed E-state index contributed by atoms with van der Waals surface area (Å²) in [6.45, 7) is 4.27. The minimum Gasteiger partial charge on any atom is -0.142 e. The van der Waals surface area contributed by atoms with Crippen LogP contribution in [0.4, 0.5) is 0 Å². The lowest BCUT2D eigenvalue weighted by atomic mass is 10.0. The standard InChI is InChI=1S/C11H11IN2S/c1-7-3-4-9(5-8(7)2)6-10-13-14-11(12)15-10/h3-5H,6H2,1-2H3. The van der Waals surface area contributed by atoms with E-state index in [2.05, 4.69) is 64.8 Å². The topological polar surface area (TPSA) is 25.8 Å². The molecule has 0 unspecified atom stereocenters. The minimum absolute atomic E-state index is 0.891. The molecule has 1 aromatic carbocycles. The van der Waals surface area contributed by atoms with Gasteiger partial charge in [0.25, 0.3) is 0 Å². The summed E-state index contributed by atoms with van der Waals surface area (Å²) in [5.74, 6) is 0. The van der Waals surface area contributed by atoms with Crippen molar-refractivity contribution in [3.05, 3.63) is 42.9 Å². The smallest absolute Gasteiger partial charge is 0.142 e. The van der Waals surface area contributed by atoms with Crippen molar-refractivity contribution >= 4 is 33.9 Å². The van der Waals surface area contributed by atoms with Gasteiger partial charge in [0, 0.05) is 6.42 Å². The van der Waals surface area contributed by atoms with E-state index in [-0.39, 0.29) is 0 Å². The number of hydrogen-bond acceptors (Lipinski definition) is 3. The van der Waals surface area contributed by atoms with Gasteiger partial charge < -0.3 is 0 Å². The lowest BCUT2D eigenvalue weighted by Gasteiger charge is -2.02. The van der Waals surface area contributed by atoms with Crippen molar-refractivity contribution < 1.29 is 0 Å². The molecule has 2 nitrogen and oxygen atoms in total. The maximum Gasteiger partial charge on any atom is 0.178 e. The van der Waals surface area contributed by atoms with Gasteiger partial charge in [-0.2, -0.15) is 0 Å². The van der Waals surface area contributed by atoms with Crippen LogP contribution in [0.25, 0.3) is 0 Å². The highest BCUT2D eigenvalue weighted by Crippen LogP contribution is 2.17. The van der Waals surface area contributed by atoms with Crippen molar-refractivity contribution in [3.8, 4) is 0 Å². The molecule has 0 saturated heterocycles. The highest BCUT2D eigenvalue weighted by Gasteiger charge is 2.03. The third kappa shape index (κ3) is 2.75. The Hall–Kier alpha value is -0.490. The summed E-state index contributed by atoms with van der Waals surface area (Å²) in [4.78, 5) is 0. The second kappa shape index (κ2) is 4.57. The Morgan fingerprint density at radius 1 is 1.20 bits per heavy atom. The van der Waals surface area contributed by atoms with Crippen molar-refractivity contribution in [1.29, 1.82) is 0 Å². The monoisotopic (exact) mass is 330 g/mol. The summed E-state index contributed by atoms with van der Waals surface area (Å²) < 4.78 is 1.01. The summed E-state index contributed by atoms with van der Waals surface area (Å²) in [5, 5.41) is 9.22. The molecule has 1 aromatic heterocycles. The number of aryl methyl sites for hydroxylation is 2. The van der Waals surface area contributed by atoms with Gasteiger partial charge in [-0.15, -0.1) is 10.2 Å². The van der Waals surface area contributed by atoms with E-state index in [1.54, 1.807) is 11.3 Å². The molecule has 0 aliphatic rings. The molecule has 1 heterocycles. The molecule has 0 fully saturated rings. The largest absolute Gasteiger partial charge is 0.178 e. The van der Waals surface area contributed by atoms with Crippen molar-refractivity contribution in [1.82, 2.24) is 10.2 Å². The maximum absolute atomic E-state index is 4.12. The lowest BCUT2D eigenvalue weighted by molar-refractivity contribution is 0.990. The average Bonchev–Trinajstić information content (AvgIpc) is 2.58. The fourth-order valence-electron chi connectivity index (χ4n) is 1.39. The van der Waals surface area contributed by atoms with Crippen LogP contribution in [0.3, 0.4) is 0 Å². The second-order valence-electron chi connectivity index (χ2n) is 3.54. The number of halogens is 1. The number of aromatic nitrogens is 2. The zero-order valence-corrected chi connectivity index (χ0v) is 11.6. The van der Waals surface area contributed by atoms with Crippen LogP contribution in [0.1, 0.15) is 21.7 Å². The van der Waals surface area contributed by atoms with Crippen LogP contribution in [0.5, 0.6) is 0 Å². The van der Waals surface area contributed by atoms with Gasteiger partial charge in [-0.1, -0.05) is 29.5 Å². The molecule has 0 aliphatic heterocycles. The van der Waals surface area contributed by atoms with Crippen molar-refractivity contribution in [2.24, 2.45) is 0 Å². The molecule has 4 heteroatoms. The van der Waals surface area contributed by atoms with Gasteiger partial charge in [0.15, 0.2) is 3.01 Å².